The summed E-state index contributed by atoms with van der Waals surface area (Å²) in [6.45, 7) is 1.76. The highest BCUT2D eigenvalue weighted by Crippen LogP contribution is 2.29. The van der Waals surface area contributed by atoms with E-state index in [1.165, 1.54) is 22.7 Å². The zero-order valence-corrected chi connectivity index (χ0v) is 10.4. The van der Waals surface area contributed by atoms with Crippen LogP contribution in [0.15, 0.2) is 18.3 Å². The number of amides is 1. The Hall–Kier alpha value is -1.63. The fourth-order valence-corrected chi connectivity index (χ4v) is 2.94. The smallest absolute Gasteiger partial charge is 0.327 e. The number of carboxylic acid groups (broad SMARTS) is 1. The standard InChI is InChI=1S/C11H11FN2O3S/c1-6-14(9(5-18-6)11(16)17)10(15)8-3-2-7(12)4-13-8/h2-4,6,9H,5H2,1H3,(H,16,17). The van der Waals surface area contributed by atoms with Gasteiger partial charge in [0.15, 0.2) is 0 Å². The maximum atomic E-state index is 12.7. The summed E-state index contributed by atoms with van der Waals surface area (Å²) in [6, 6.07) is 1.53. The van der Waals surface area contributed by atoms with Crippen LogP contribution in [0.1, 0.15) is 17.4 Å². The molecule has 18 heavy (non-hydrogen) atoms. The van der Waals surface area contributed by atoms with Crippen molar-refractivity contribution >= 4 is 23.6 Å². The molecule has 0 radical (unpaired) electrons. The molecule has 5 nitrogen and oxygen atoms in total. The van der Waals surface area contributed by atoms with Crippen LogP contribution in [0, 0.1) is 5.82 Å². The third kappa shape index (κ3) is 2.31. The number of thioether (sulfide) groups is 1. The van der Waals surface area contributed by atoms with Crippen LogP contribution in [0.5, 0.6) is 0 Å². The summed E-state index contributed by atoms with van der Waals surface area (Å²) in [5.74, 6) is -1.71. The SMILES string of the molecule is CC1SCC(C(=O)O)N1C(=O)c1ccc(F)cn1. The molecule has 7 heteroatoms. The molecule has 1 fully saturated rings. The van der Waals surface area contributed by atoms with Gasteiger partial charge in [-0.25, -0.2) is 14.2 Å². The Balaban J connectivity index is 2.26. The van der Waals surface area contributed by atoms with Gasteiger partial charge in [0.05, 0.1) is 11.6 Å². The number of nitrogens with zero attached hydrogens (tertiary/aromatic N) is 2. The second-order valence-electron chi connectivity index (χ2n) is 3.86. The Labute approximate surface area is 107 Å². The Morgan fingerprint density at radius 3 is 2.83 bits per heavy atom. The summed E-state index contributed by atoms with van der Waals surface area (Å²) in [5.41, 5.74) is 0.0528. The lowest BCUT2D eigenvalue weighted by Gasteiger charge is -2.24. The number of carbonyl (C=O) groups excluding carboxylic acids is 1. The van der Waals surface area contributed by atoms with Gasteiger partial charge < -0.3 is 10.0 Å². The zero-order chi connectivity index (χ0) is 13.3. The molecule has 1 aromatic heterocycles. The van der Waals surface area contributed by atoms with Crippen molar-refractivity contribution in [1.29, 1.82) is 0 Å². The third-order valence-electron chi connectivity index (χ3n) is 2.69. The molecule has 2 heterocycles. The van der Waals surface area contributed by atoms with Gasteiger partial charge in [-0.05, 0) is 19.1 Å². The maximum Gasteiger partial charge on any atom is 0.327 e. The third-order valence-corrected chi connectivity index (χ3v) is 3.91. The number of carbonyl (C=O) groups is 2. The van der Waals surface area contributed by atoms with E-state index >= 15 is 0 Å². The van der Waals surface area contributed by atoms with Crippen molar-refractivity contribution in [2.75, 3.05) is 5.75 Å². The quantitative estimate of drug-likeness (QED) is 0.874. The lowest BCUT2D eigenvalue weighted by molar-refractivity contribution is -0.141. The van der Waals surface area contributed by atoms with Crippen LogP contribution < -0.4 is 0 Å². The van der Waals surface area contributed by atoms with Gasteiger partial charge in [0.2, 0.25) is 0 Å². The summed E-state index contributed by atoms with van der Waals surface area (Å²) in [7, 11) is 0. The summed E-state index contributed by atoms with van der Waals surface area (Å²) in [4.78, 5) is 28.2. The number of carboxylic acids is 1. The average molecular weight is 270 g/mol. The fourth-order valence-electron chi connectivity index (χ4n) is 1.78. The molecule has 1 aromatic rings. The first-order valence-corrected chi connectivity index (χ1v) is 6.34. The number of halogens is 1. The lowest BCUT2D eigenvalue weighted by atomic mass is 10.2. The Bertz CT molecular complexity index is 480. The molecule has 2 rings (SSSR count). The molecular formula is C11H11FN2O3S. The summed E-state index contributed by atoms with van der Waals surface area (Å²) < 4.78 is 12.7. The van der Waals surface area contributed by atoms with Crippen molar-refractivity contribution in [3.05, 3.63) is 29.8 Å². The number of hydrogen-bond donors (Lipinski definition) is 1. The Morgan fingerprint density at radius 1 is 1.56 bits per heavy atom. The first kappa shape index (κ1) is 12.8. The van der Waals surface area contributed by atoms with Crippen LogP contribution in [-0.2, 0) is 4.79 Å². The van der Waals surface area contributed by atoms with Gasteiger partial charge in [-0.15, -0.1) is 11.8 Å². The van der Waals surface area contributed by atoms with Gasteiger partial charge in [-0.2, -0.15) is 0 Å². The van der Waals surface area contributed by atoms with E-state index in [1.54, 1.807) is 6.92 Å². The molecule has 1 N–H and O–H groups in total. The van der Waals surface area contributed by atoms with E-state index in [-0.39, 0.29) is 11.1 Å². The second kappa shape index (κ2) is 4.93. The normalized spacial score (nSPS) is 23.1. The number of rotatable bonds is 2. The van der Waals surface area contributed by atoms with E-state index in [0.29, 0.717) is 5.75 Å². The minimum absolute atomic E-state index is 0.0528. The van der Waals surface area contributed by atoms with Gasteiger partial charge in [0.1, 0.15) is 17.6 Å². The number of hydrogen-bond acceptors (Lipinski definition) is 4. The molecule has 1 aliphatic heterocycles. The van der Waals surface area contributed by atoms with Crippen LogP contribution in [0.3, 0.4) is 0 Å². The molecule has 2 unspecified atom stereocenters. The molecular weight excluding hydrogens is 259 g/mol. The van der Waals surface area contributed by atoms with Gasteiger partial charge >= 0.3 is 5.97 Å². The predicted molar refractivity (Wildman–Crippen MR) is 63.7 cm³/mol. The van der Waals surface area contributed by atoms with E-state index in [2.05, 4.69) is 4.98 Å². The molecule has 0 spiro atoms. The molecule has 1 saturated heterocycles. The predicted octanol–water partition coefficient (Wildman–Crippen LogP) is 1.21. The summed E-state index contributed by atoms with van der Waals surface area (Å²) in [6.07, 6.45) is 0.941. The first-order chi connectivity index (χ1) is 8.50. The Kier molecular flexibility index (Phi) is 3.51. The Morgan fingerprint density at radius 2 is 2.28 bits per heavy atom. The number of aromatic nitrogens is 1. The van der Waals surface area contributed by atoms with Crippen molar-refractivity contribution in [1.82, 2.24) is 9.88 Å². The van der Waals surface area contributed by atoms with Crippen LogP contribution in [0.25, 0.3) is 0 Å². The van der Waals surface area contributed by atoms with E-state index in [9.17, 15) is 14.0 Å². The lowest BCUT2D eigenvalue weighted by Crippen LogP contribution is -2.45. The molecule has 0 saturated carbocycles. The minimum atomic E-state index is -1.04. The number of pyridine rings is 1. The van der Waals surface area contributed by atoms with Crippen molar-refractivity contribution in [2.24, 2.45) is 0 Å². The molecule has 96 valence electrons. The molecule has 0 aromatic carbocycles. The van der Waals surface area contributed by atoms with Crippen LogP contribution in [0.4, 0.5) is 4.39 Å². The molecule has 2 atom stereocenters. The van der Waals surface area contributed by atoms with E-state index < -0.39 is 23.7 Å². The van der Waals surface area contributed by atoms with Crippen molar-refractivity contribution < 1.29 is 19.1 Å². The van der Waals surface area contributed by atoms with Crippen LogP contribution in [0.2, 0.25) is 0 Å². The summed E-state index contributed by atoms with van der Waals surface area (Å²) in [5, 5.41) is 8.82. The molecule has 1 amide bonds. The molecule has 0 aliphatic carbocycles. The van der Waals surface area contributed by atoms with Crippen molar-refractivity contribution in [3.63, 3.8) is 0 Å². The maximum absolute atomic E-state index is 12.7. The minimum Gasteiger partial charge on any atom is -0.480 e. The topological polar surface area (TPSA) is 70.5 Å². The van der Waals surface area contributed by atoms with Crippen molar-refractivity contribution in [3.8, 4) is 0 Å². The number of aliphatic carboxylic acids is 1. The second-order valence-corrected chi connectivity index (χ2v) is 5.21. The summed E-state index contributed by atoms with van der Waals surface area (Å²) >= 11 is 1.39. The van der Waals surface area contributed by atoms with Crippen molar-refractivity contribution in [2.45, 2.75) is 18.3 Å². The van der Waals surface area contributed by atoms with Gasteiger partial charge in [-0.1, -0.05) is 0 Å². The highest BCUT2D eigenvalue weighted by atomic mass is 32.2. The van der Waals surface area contributed by atoms with Crippen LogP contribution >= 0.6 is 11.8 Å². The highest BCUT2D eigenvalue weighted by molar-refractivity contribution is 8.00. The average Bonchev–Trinajstić information content (AvgIpc) is 2.71. The van der Waals surface area contributed by atoms with Gasteiger partial charge in [0.25, 0.3) is 5.91 Å². The van der Waals surface area contributed by atoms with Gasteiger partial charge in [-0.3, -0.25) is 4.79 Å². The zero-order valence-electron chi connectivity index (χ0n) is 9.54. The fraction of sp³-hybridized carbons (Fsp3) is 0.364. The van der Waals surface area contributed by atoms with E-state index in [1.807, 2.05) is 0 Å². The van der Waals surface area contributed by atoms with Gasteiger partial charge in [0, 0.05) is 5.75 Å². The van der Waals surface area contributed by atoms with Crippen LogP contribution in [-0.4, -0.2) is 44.0 Å². The largest absolute Gasteiger partial charge is 0.480 e. The van der Waals surface area contributed by atoms with E-state index in [0.717, 1.165) is 12.3 Å². The molecule has 0 bridgehead atoms. The highest BCUT2D eigenvalue weighted by Gasteiger charge is 2.40. The monoisotopic (exact) mass is 270 g/mol. The first-order valence-electron chi connectivity index (χ1n) is 5.29. The van der Waals surface area contributed by atoms with E-state index in [4.69, 9.17) is 5.11 Å². The molecule has 1 aliphatic rings.